The minimum absolute atomic E-state index is 0.0156. The quantitative estimate of drug-likeness (QED) is 0.482. The van der Waals surface area contributed by atoms with Gasteiger partial charge in [0.15, 0.2) is 0 Å². The molecule has 1 aromatic heterocycles. The number of thioether (sulfide) groups is 1. The van der Waals surface area contributed by atoms with Crippen LogP contribution in [0.1, 0.15) is 5.89 Å². The van der Waals surface area contributed by atoms with Crippen LogP contribution in [0.5, 0.6) is 5.75 Å². The number of likely N-dealkylation sites (N-methyl/N-ethyl adjacent to an activating group) is 1. The van der Waals surface area contributed by atoms with Crippen LogP contribution in [0.4, 0.5) is 0 Å². The molecule has 0 atom stereocenters. The van der Waals surface area contributed by atoms with Crippen molar-refractivity contribution in [3.8, 4) is 17.1 Å². The fraction of sp³-hybridized carbons (Fsp3) is 0.250. The summed E-state index contributed by atoms with van der Waals surface area (Å²) in [6.45, 7) is -0.357. The zero-order chi connectivity index (χ0) is 22.4. The molecule has 0 fully saturated rings. The number of carbonyl (C=O) groups is 1. The zero-order valence-corrected chi connectivity index (χ0v) is 18.9. The van der Waals surface area contributed by atoms with Crippen molar-refractivity contribution < 1.29 is 22.5 Å². The lowest BCUT2D eigenvalue weighted by molar-refractivity contribution is -0.121. The Morgan fingerprint density at radius 2 is 1.84 bits per heavy atom. The second-order valence-electron chi connectivity index (χ2n) is 6.45. The van der Waals surface area contributed by atoms with Crippen LogP contribution in [0.25, 0.3) is 11.4 Å². The van der Waals surface area contributed by atoms with Gasteiger partial charge in [-0.25, -0.2) is 8.42 Å². The van der Waals surface area contributed by atoms with E-state index in [0.717, 1.165) is 14.8 Å². The van der Waals surface area contributed by atoms with Gasteiger partial charge in [0, 0.05) is 17.5 Å². The molecule has 3 aromatic rings. The maximum absolute atomic E-state index is 12.6. The minimum atomic E-state index is -3.78. The monoisotopic (exact) mass is 462 g/mol. The van der Waals surface area contributed by atoms with E-state index in [2.05, 4.69) is 15.5 Å². The van der Waals surface area contributed by atoms with Crippen LogP contribution in [0.2, 0.25) is 0 Å². The van der Waals surface area contributed by atoms with Gasteiger partial charge in [0.05, 0.1) is 25.1 Å². The molecule has 0 saturated heterocycles. The Balaban J connectivity index is 1.56. The molecule has 1 amide bonds. The highest BCUT2D eigenvalue weighted by Gasteiger charge is 2.23. The molecule has 0 radical (unpaired) electrons. The first-order valence-corrected chi connectivity index (χ1v) is 11.8. The van der Waals surface area contributed by atoms with E-state index in [-0.39, 0.29) is 23.9 Å². The maximum atomic E-state index is 12.6. The summed E-state index contributed by atoms with van der Waals surface area (Å²) in [6, 6.07) is 13.6. The Kier molecular flexibility index (Phi) is 7.31. The first kappa shape index (κ1) is 22.8. The maximum Gasteiger partial charge on any atom is 0.246 e. The van der Waals surface area contributed by atoms with Crippen molar-refractivity contribution >= 4 is 27.7 Å². The second-order valence-corrected chi connectivity index (χ2v) is 9.38. The number of nitrogens with zero attached hydrogens (tertiary/aromatic N) is 3. The number of hydrogen-bond acceptors (Lipinski definition) is 8. The summed E-state index contributed by atoms with van der Waals surface area (Å²) in [6.07, 6.45) is 1.91. The Labute approximate surface area is 184 Å². The van der Waals surface area contributed by atoms with Gasteiger partial charge < -0.3 is 14.6 Å². The lowest BCUT2D eigenvalue weighted by Crippen LogP contribution is -2.38. The number of nitrogens with one attached hydrogen (secondary N) is 1. The van der Waals surface area contributed by atoms with Crippen molar-refractivity contribution in [3.05, 3.63) is 54.4 Å². The van der Waals surface area contributed by atoms with E-state index in [1.807, 2.05) is 6.26 Å². The number of ether oxygens (including phenoxy) is 1. The highest BCUT2D eigenvalue weighted by Crippen LogP contribution is 2.21. The molecule has 11 heteroatoms. The van der Waals surface area contributed by atoms with Gasteiger partial charge >= 0.3 is 0 Å². The number of amides is 1. The average Bonchev–Trinajstić information content (AvgIpc) is 3.27. The molecular weight excluding hydrogens is 440 g/mol. The van der Waals surface area contributed by atoms with Crippen LogP contribution in [0, 0.1) is 0 Å². The van der Waals surface area contributed by atoms with Gasteiger partial charge in [-0.1, -0.05) is 5.16 Å². The fourth-order valence-electron chi connectivity index (χ4n) is 2.63. The lowest BCUT2D eigenvalue weighted by Gasteiger charge is -2.16. The van der Waals surface area contributed by atoms with Crippen LogP contribution < -0.4 is 10.1 Å². The Hall–Kier alpha value is -2.89. The van der Waals surface area contributed by atoms with Crippen LogP contribution in [-0.2, 0) is 21.4 Å². The molecule has 1 N–H and O–H groups in total. The summed E-state index contributed by atoms with van der Waals surface area (Å²) >= 11 is 1.52. The topological polar surface area (TPSA) is 115 Å². The summed E-state index contributed by atoms with van der Waals surface area (Å²) < 4.78 is 36.5. The van der Waals surface area contributed by atoms with Gasteiger partial charge in [0.2, 0.25) is 27.6 Å². The van der Waals surface area contributed by atoms with E-state index in [9.17, 15) is 13.2 Å². The fourth-order valence-corrected chi connectivity index (χ4v) is 4.16. The van der Waals surface area contributed by atoms with Crippen molar-refractivity contribution in [1.82, 2.24) is 19.8 Å². The SMILES string of the molecule is COc1ccc(-c2noc(CNC(=O)CN(C)S(=O)(=O)c3ccc(SC)cc3)n2)cc1. The largest absolute Gasteiger partial charge is 0.497 e. The van der Waals surface area contributed by atoms with E-state index in [4.69, 9.17) is 9.26 Å². The first-order chi connectivity index (χ1) is 14.8. The number of rotatable bonds is 9. The molecular formula is C20H22N4O5S2. The van der Waals surface area contributed by atoms with Crippen LogP contribution in [0.15, 0.2) is 62.8 Å². The predicted octanol–water partition coefficient (Wildman–Crippen LogP) is 2.40. The van der Waals surface area contributed by atoms with Gasteiger partial charge in [-0.2, -0.15) is 9.29 Å². The van der Waals surface area contributed by atoms with Crippen molar-refractivity contribution in [3.63, 3.8) is 0 Å². The standard InChI is InChI=1S/C20H22N4O5S2/c1-24(31(26,27)17-10-8-16(30-3)9-11-17)13-18(25)21-12-19-22-20(23-29-19)14-4-6-15(28-2)7-5-14/h4-11H,12-13H2,1-3H3,(H,21,25). The smallest absolute Gasteiger partial charge is 0.246 e. The molecule has 3 rings (SSSR count). The van der Waals surface area contributed by atoms with Crippen molar-refractivity contribution in [2.45, 2.75) is 16.3 Å². The third kappa shape index (κ3) is 5.63. The summed E-state index contributed by atoms with van der Waals surface area (Å²) in [5.74, 6) is 0.799. The number of hydrogen-bond donors (Lipinski definition) is 1. The Morgan fingerprint density at radius 1 is 1.16 bits per heavy atom. The molecule has 0 aliphatic carbocycles. The summed E-state index contributed by atoms with van der Waals surface area (Å²) in [7, 11) is -0.848. The van der Waals surface area contributed by atoms with Gasteiger partial charge in [0.1, 0.15) is 5.75 Å². The van der Waals surface area contributed by atoms with Gasteiger partial charge in [-0.05, 0) is 54.8 Å². The molecule has 0 spiro atoms. The average molecular weight is 463 g/mol. The van der Waals surface area contributed by atoms with Gasteiger partial charge in [-0.15, -0.1) is 11.8 Å². The Bertz CT molecular complexity index is 1130. The van der Waals surface area contributed by atoms with Gasteiger partial charge in [-0.3, -0.25) is 4.79 Å². The molecule has 31 heavy (non-hydrogen) atoms. The molecule has 0 aliphatic rings. The molecule has 0 aliphatic heterocycles. The number of methoxy groups -OCH3 is 1. The normalized spacial score (nSPS) is 11.5. The molecule has 164 valence electrons. The van der Waals surface area contributed by atoms with Gasteiger partial charge in [0.25, 0.3) is 0 Å². The molecule has 1 heterocycles. The summed E-state index contributed by atoms with van der Waals surface area (Å²) in [5, 5.41) is 6.48. The van der Waals surface area contributed by atoms with E-state index in [1.54, 1.807) is 43.5 Å². The highest BCUT2D eigenvalue weighted by molar-refractivity contribution is 7.98. The van der Waals surface area contributed by atoms with Crippen LogP contribution in [-0.4, -0.2) is 55.7 Å². The number of carbonyl (C=O) groups excluding carboxylic acids is 1. The molecule has 2 aromatic carbocycles. The minimum Gasteiger partial charge on any atom is -0.497 e. The zero-order valence-electron chi connectivity index (χ0n) is 17.2. The highest BCUT2D eigenvalue weighted by atomic mass is 32.2. The third-order valence-electron chi connectivity index (χ3n) is 4.39. The molecule has 9 nitrogen and oxygen atoms in total. The van der Waals surface area contributed by atoms with Crippen molar-refractivity contribution in [2.24, 2.45) is 0 Å². The van der Waals surface area contributed by atoms with E-state index in [1.165, 1.54) is 30.9 Å². The lowest BCUT2D eigenvalue weighted by atomic mass is 10.2. The first-order valence-electron chi connectivity index (χ1n) is 9.17. The van der Waals surface area contributed by atoms with E-state index in [0.29, 0.717) is 11.6 Å². The molecule has 0 bridgehead atoms. The van der Waals surface area contributed by atoms with E-state index < -0.39 is 15.9 Å². The van der Waals surface area contributed by atoms with E-state index >= 15 is 0 Å². The number of aromatic nitrogens is 2. The second kappa shape index (κ2) is 9.94. The third-order valence-corrected chi connectivity index (χ3v) is 6.95. The Morgan fingerprint density at radius 3 is 2.45 bits per heavy atom. The predicted molar refractivity (Wildman–Crippen MR) is 116 cm³/mol. The summed E-state index contributed by atoms with van der Waals surface area (Å²) in [4.78, 5) is 17.5. The van der Waals surface area contributed by atoms with Crippen molar-refractivity contribution in [2.75, 3.05) is 27.0 Å². The molecule has 0 saturated carbocycles. The number of benzene rings is 2. The number of sulfonamides is 1. The van der Waals surface area contributed by atoms with Crippen LogP contribution >= 0.6 is 11.8 Å². The van der Waals surface area contributed by atoms with Crippen molar-refractivity contribution in [1.29, 1.82) is 0 Å². The van der Waals surface area contributed by atoms with Crippen LogP contribution in [0.3, 0.4) is 0 Å². The molecule has 0 unspecified atom stereocenters. The summed E-state index contributed by atoms with van der Waals surface area (Å²) in [5.41, 5.74) is 0.737.